The van der Waals surface area contributed by atoms with Crippen molar-refractivity contribution in [3.05, 3.63) is 62.7 Å². The Morgan fingerprint density at radius 2 is 2.20 bits per heavy atom. The van der Waals surface area contributed by atoms with Crippen molar-refractivity contribution in [2.75, 3.05) is 0 Å². The lowest BCUT2D eigenvalue weighted by Gasteiger charge is -2.03. The predicted molar refractivity (Wildman–Crippen MR) is 74.6 cm³/mol. The van der Waals surface area contributed by atoms with E-state index in [0.29, 0.717) is 0 Å². The smallest absolute Gasteiger partial charge is 0.387 e. The molecule has 0 N–H and O–H groups in total. The Balaban J connectivity index is 1.98. The summed E-state index contributed by atoms with van der Waals surface area (Å²) in [5, 5.41) is 6.15. The Morgan fingerprint density at radius 1 is 1.35 bits per heavy atom. The highest BCUT2D eigenvalue weighted by Gasteiger charge is 2.14. The van der Waals surface area contributed by atoms with E-state index in [0.717, 1.165) is 9.56 Å². The summed E-state index contributed by atoms with van der Waals surface area (Å²) in [5.74, 6) is -0.907. The van der Waals surface area contributed by atoms with Gasteiger partial charge in [-0.1, -0.05) is 23.7 Å². The fourth-order valence-electron chi connectivity index (χ4n) is 1.74. The van der Waals surface area contributed by atoms with Gasteiger partial charge in [0.05, 0.1) is 11.4 Å². The number of thiophene rings is 1. The highest BCUT2D eigenvalue weighted by atomic mass is 35.5. The van der Waals surface area contributed by atoms with Gasteiger partial charge in [0, 0.05) is 10.6 Å². The molecule has 0 radical (unpaired) electrons. The van der Waals surface area contributed by atoms with Crippen LogP contribution in [-0.4, -0.2) is 9.78 Å². The Labute approximate surface area is 122 Å². The number of aromatic nitrogens is 2. The highest BCUT2D eigenvalue weighted by molar-refractivity contribution is 7.13. The second-order valence-corrected chi connectivity index (χ2v) is 5.36. The van der Waals surface area contributed by atoms with Gasteiger partial charge in [-0.3, -0.25) is 0 Å². The molecule has 7 heteroatoms. The standard InChI is InChI=1S/C13H8ClFN2O2S/c14-9-3-1-4-10(15)8(9)7-17-13(18)19-12(16-17)11-5-2-6-20-11/h1-6H,7H2. The molecule has 0 unspecified atom stereocenters. The summed E-state index contributed by atoms with van der Waals surface area (Å²) < 4.78 is 19.8. The lowest BCUT2D eigenvalue weighted by molar-refractivity contribution is 0.491. The van der Waals surface area contributed by atoms with Crippen molar-refractivity contribution in [2.24, 2.45) is 0 Å². The third-order valence-corrected chi connectivity index (χ3v) is 3.92. The van der Waals surface area contributed by atoms with Gasteiger partial charge >= 0.3 is 5.76 Å². The summed E-state index contributed by atoms with van der Waals surface area (Å²) >= 11 is 7.33. The Bertz CT molecular complexity index is 775. The van der Waals surface area contributed by atoms with Crippen LogP contribution in [0.3, 0.4) is 0 Å². The lowest BCUT2D eigenvalue weighted by atomic mass is 10.2. The molecule has 0 bridgehead atoms. The monoisotopic (exact) mass is 310 g/mol. The minimum absolute atomic E-state index is 0.0702. The third-order valence-electron chi connectivity index (χ3n) is 2.71. The highest BCUT2D eigenvalue weighted by Crippen LogP contribution is 2.22. The van der Waals surface area contributed by atoms with E-state index < -0.39 is 11.6 Å². The summed E-state index contributed by atoms with van der Waals surface area (Å²) in [6.07, 6.45) is 0. The van der Waals surface area contributed by atoms with Crippen LogP contribution in [0.1, 0.15) is 5.56 Å². The summed E-state index contributed by atoms with van der Waals surface area (Å²) in [6.45, 7) is -0.0702. The second-order valence-electron chi connectivity index (χ2n) is 4.01. The first kappa shape index (κ1) is 13.1. The Morgan fingerprint density at radius 3 is 2.90 bits per heavy atom. The van der Waals surface area contributed by atoms with Crippen molar-refractivity contribution in [1.29, 1.82) is 0 Å². The molecule has 102 valence electrons. The second kappa shape index (κ2) is 5.22. The number of hydrogen-bond donors (Lipinski definition) is 0. The van der Waals surface area contributed by atoms with Crippen molar-refractivity contribution in [1.82, 2.24) is 9.78 Å². The van der Waals surface area contributed by atoms with Gasteiger partial charge in [0.15, 0.2) is 0 Å². The normalized spacial score (nSPS) is 10.9. The molecular formula is C13H8ClFN2O2S. The molecule has 2 aromatic heterocycles. The van der Waals surface area contributed by atoms with Crippen molar-refractivity contribution >= 4 is 22.9 Å². The molecule has 0 saturated heterocycles. The van der Waals surface area contributed by atoms with Crippen LogP contribution in [-0.2, 0) is 6.54 Å². The molecule has 0 atom stereocenters. The van der Waals surface area contributed by atoms with Crippen LogP contribution in [0.2, 0.25) is 5.02 Å². The molecule has 0 spiro atoms. The quantitative estimate of drug-likeness (QED) is 0.745. The van der Waals surface area contributed by atoms with Gasteiger partial charge in [-0.05, 0) is 23.6 Å². The average Bonchev–Trinajstić information content (AvgIpc) is 3.04. The molecule has 4 nitrogen and oxygen atoms in total. The van der Waals surface area contributed by atoms with E-state index in [9.17, 15) is 9.18 Å². The zero-order chi connectivity index (χ0) is 14.1. The van der Waals surface area contributed by atoms with E-state index in [1.54, 1.807) is 12.1 Å². The van der Waals surface area contributed by atoms with Crippen LogP contribution >= 0.6 is 22.9 Å². The first-order chi connectivity index (χ1) is 9.65. The molecule has 0 aliphatic heterocycles. The Kier molecular flexibility index (Phi) is 3.42. The summed E-state index contributed by atoms with van der Waals surface area (Å²) in [4.78, 5) is 12.5. The first-order valence-corrected chi connectivity index (χ1v) is 6.95. The van der Waals surface area contributed by atoms with E-state index in [-0.39, 0.29) is 23.0 Å². The van der Waals surface area contributed by atoms with Crippen LogP contribution in [0.4, 0.5) is 4.39 Å². The van der Waals surface area contributed by atoms with Crippen LogP contribution in [0.25, 0.3) is 10.8 Å². The number of benzene rings is 1. The van der Waals surface area contributed by atoms with Gasteiger partial charge < -0.3 is 4.42 Å². The largest absolute Gasteiger partial charge is 0.437 e. The van der Waals surface area contributed by atoms with Crippen molar-refractivity contribution in [2.45, 2.75) is 6.54 Å². The minimum atomic E-state index is -0.646. The van der Waals surface area contributed by atoms with E-state index in [2.05, 4.69) is 5.10 Å². The number of nitrogens with zero attached hydrogens (tertiary/aromatic N) is 2. The van der Waals surface area contributed by atoms with Gasteiger partial charge in [-0.25, -0.2) is 9.18 Å². The molecule has 3 rings (SSSR count). The maximum absolute atomic E-state index is 13.7. The molecule has 0 aliphatic rings. The lowest BCUT2D eigenvalue weighted by Crippen LogP contribution is -2.17. The third kappa shape index (κ3) is 2.39. The van der Waals surface area contributed by atoms with Crippen LogP contribution in [0.15, 0.2) is 44.9 Å². The topological polar surface area (TPSA) is 48.0 Å². The molecule has 0 amide bonds. The van der Waals surface area contributed by atoms with Crippen LogP contribution < -0.4 is 5.76 Å². The zero-order valence-corrected chi connectivity index (χ0v) is 11.6. The average molecular weight is 311 g/mol. The first-order valence-electron chi connectivity index (χ1n) is 5.70. The van der Waals surface area contributed by atoms with Crippen molar-refractivity contribution < 1.29 is 8.81 Å². The fraction of sp³-hybridized carbons (Fsp3) is 0.0769. The van der Waals surface area contributed by atoms with E-state index >= 15 is 0 Å². The molecule has 0 fully saturated rings. The predicted octanol–water partition coefficient (Wildman–Crippen LogP) is 3.41. The number of hydrogen-bond acceptors (Lipinski definition) is 4. The van der Waals surface area contributed by atoms with Gasteiger partial charge in [0.2, 0.25) is 0 Å². The fourth-order valence-corrected chi connectivity index (χ4v) is 2.61. The molecular weight excluding hydrogens is 303 g/mol. The number of rotatable bonds is 3. The summed E-state index contributed by atoms with van der Waals surface area (Å²) in [7, 11) is 0. The van der Waals surface area contributed by atoms with Crippen molar-refractivity contribution in [3.8, 4) is 10.8 Å². The van der Waals surface area contributed by atoms with Gasteiger partial charge in [-0.15, -0.1) is 16.4 Å². The number of halogens is 2. The van der Waals surface area contributed by atoms with Gasteiger partial charge in [0.1, 0.15) is 5.82 Å². The SMILES string of the molecule is O=c1oc(-c2cccs2)nn1Cc1c(F)cccc1Cl. The maximum atomic E-state index is 13.7. The summed E-state index contributed by atoms with van der Waals surface area (Å²) in [6, 6.07) is 7.96. The Hall–Kier alpha value is -1.92. The minimum Gasteiger partial charge on any atom is -0.387 e. The van der Waals surface area contributed by atoms with E-state index in [1.165, 1.54) is 23.5 Å². The van der Waals surface area contributed by atoms with E-state index in [1.807, 2.05) is 11.4 Å². The van der Waals surface area contributed by atoms with Gasteiger partial charge in [-0.2, -0.15) is 4.68 Å². The summed E-state index contributed by atoms with van der Waals surface area (Å²) in [5.41, 5.74) is 0.210. The molecule has 20 heavy (non-hydrogen) atoms. The van der Waals surface area contributed by atoms with Crippen LogP contribution in [0, 0.1) is 5.82 Å². The molecule has 0 aliphatic carbocycles. The molecule has 1 aromatic carbocycles. The zero-order valence-electron chi connectivity index (χ0n) is 10.0. The van der Waals surface area contributed by atoms with Crippen LogP contribution in [0.5, 0.6) is 0 Å². The maximum Gasteiger partial charge on any atom is 0.437 e. The van der Waals surface area contributed by atoms with Crippen molar-refractivity contribution in [3.63, 3.8) is 0 Å². The van der Waals surface area contributed by atoms with Gasteiger partial charge in [0.25, 0.3) is 5.89 Å². The molecule has 2 heterocycles. The van der Waals surface area contributed by atoms with E-state index in [4.69, 9.17) is 16.0 Å². The molecule has 0 saturated carbocycles. The molecule has 3 aromatic rings.